The molecule has 0 N–H and O–H groups in total. The van der Waals surface area contributed by atoms with Gasteiger partial charge in [-0.2, -0.15) is 0 Å². The van der Waals surface area contributed by atoms with E-state index in [9.17, 15) is 4.79 Å². The summed E-state index contributed by atoms with van der Waals surface area (Å²) in [5.41, 5.74) is 0. The summed E-state index contributed by atoms with van der Waals surface area (Å²) in [6.45, 7) is 2.59. The van der Waals surface area contributed by atoms with Gasteiger partial charge < -0.3 is 9.90 Å². The summed E-state index contributed by atoms with van der Waals surface area (Å²) in [6, 6.07) is 0. The third-order valence-corrected chi connectivity index (χ3v) is 1.22. The molecule has 0 saturated heterocycles. The van der Waals surface area contributed by atoms with Gasteiger partial charge in [0.1, 0.15) is 0 Å². The third-order valence-electron chi connectivity index (χ3n) is 0.407. The van der Waals surface area contributed by atoms with Gasteiger partial charge >= 0.3 is 37.4 Å². The Morgan fingerprint density at radius 2 is 1.44 bits per heavy atom. The van der Waals surface area contributed by atoms with Crippen molar-refractivity contribution in [1.82, 2.24) is 0 Å². The molecular formula is C5H9AlO3. The molecule has 0 atom stereocenters. The predicted molar refractivity (Wildman–Crippen MR) is 33.0 cm³/mol. The van der Waals surface area contributed by atoms with Crippen molar-refractivity contribution < 1.29 is 14.7 Å². The zero-order valence-corrected chi connectivity index (χ0v) is 6.96. The molecule has 0 aliphatic carbocycles. The Morgan fingerprint density at radius 1 is 1.33 bits per heavy atom. The van der Waals surface area contributed by atoms with Crippen LogP contribution in [0, 0.1) is 0 Å². The number of carboxylic acid groups (broad SMARTS) is 1. The Kier molecular flexibility index (Phi) is 9.78. The molecule has 0 radical (unpaired) electrons. The van der Waals surface area contributed by atoms with Crippen LogP contribution in [0.2, 0.25) is 5.79 Å². The van der Waals surface area contributed by atoms with Gasteiger partial charge in [0.25, 0.3) is 0 Å². The Balaban J connectivity index is 0. The standard InChI is InChI=1S/C2H4O2.C2H3O.CH3.Al/c1-2(3)4;1-2-3;;/h1H3,(H,3,4);1H3;1H3;/q;;;+1/p-1. The van der Waals surface area contributed by atoms with E-state index in [-0.39, 0.29) is 15.2 Å². The molecule has 50 valence electrons. The summed E-state index contributed by atoms with van der Waals surface area (Å²) in [6.07, 6.45) is 0. The van der Waals surface area contributed by atoms with E-state index in [4.69, 9.17) is 9.90 Å². The molecule has 0 spiro atoms. The predicted octanol–water partition coefficient (Wildman–Crippen LogP) is -0.959. The minimum absolute atomic E-state index is 0.0926. The fourth-order valence-corrected chi connectivity index (χ4v) is 0. The molecule has 9 heavy (non-hydrogen) atoms. The van der Waals surface area contributed by atoms with Crippen LogP contribution in [-0.4, -0.2) is 25.8 Å². The quantitative estimate of drug-likeness (QED) is 0.445. The molecule has 0 rings (SSSR count). The van der Waals surface area contributed by atoms with E-state index in [1.165, 1.54) is 0 Å². The number of rotatable bonds is 1. The summed E-state index contributed by atoms with van der Waals surface area (Å²) in [5.74, 6) is 0.850. The zero-order chi connectivity index (χ0) is 7.86. The average Bonchev–Trinajstić information content (AvgIpc) is 1.65. The fourth-order valence-electron chi connectivity index (χ4n) is 0. The molecule has 0 aromatic rings. The summed E-state index contributed by atoms with van der Waals surface area (Å²) in [5, 5.41) is 8.89. The first-order valence-corrected chi connectivity index (χ1v) is 4.21. The first kappa shape index (κ1) is 11.5. The van der Waals surface area contributed by atoms with E-state index >= 15 is 0 Å². The number of carbonyl (C=O) groups excluding carboxylic acids is 2. The van der Waals surface area contributed by atoms with Crippen LogP contribution >= 0.6 is 0 Å². The van der Waals surface area contributed by atoms with Gasteiger partial charge in [-0.05, 0) is 6.92 Å². The minimum atomic E-state index is -1.08. The van der Waals surface area contributed by atoms with Crippen LogP contribution in [0.25, 0.3) is 0 Å². The van der Waals surface area contributed by atoms with Crippen molar-refractivity contribution in [2.45, 2.75) is 19.6 Å². The summed E-state index contributed by atoms with van der Waals surface area (Å²) < 4.78 is 0.338. The van der Waals surface area contributed by atoms with Gasteiger partial charge in [-0.15, -0.1) is 0 Å². The maximum atomic E-state index is 9.85. The van der Waals surface area contributed by atoms with Crippen molar-refractivity contribution in [1.29, 1.82) is 0 Å². The molecule has 0 aromatic heterocycles. The second-order valence-electron chi connectivity index (χ2n) is 1.39. The Labute approximate surface area is 60.8 Å². The van der Waals surface area contributed by atoms with Crippen molar-refractivity contribution >= 4 is 25.8 Å². The monoisotopic (exact) mass is 144 g/mol. The molecule has 0 amide bonds. The second-order valence-corrected chi connectivity index (χ2v) is 2.78. The number of carboxylic acids is 1. The van der Waals surface area contributed by atoms with Crippen LogP contribution in [0.5, 0.6) is 0 Å². The van der Waals surface area contributed by atoms with E-state index in [0.29, 0.717) is 4.65 Å². The number of hydrogen-bond donors (Lipinski definition) is 0. The zero-order valence-electron chi connectivity index (χ0n) is 5.80. The molecule has 0 unspecified atom stereocenters. The topological polar surface area (TPSA) is 57.2 Å². The van der Waals surface area contributed by atoms with Crippen LogP contribution < -0.4 is 5.11 Å². The van der Waals surface area contributed by atoms with Crippen LogP contribution in [0.15, 0.2) is 0 Å². The van der Waals surface area contributed by atoms with Crippen molar-refractivity contribution in [3.8, 4) is 0 Å². The average molecular weight is 144 g/mol. The molecule has 0 aliphatic heterocycles. The molecule has 0 aliphatic rings. The second kappa shape index (κ2) is 7.67. The van der Waals surface area contributed by atoms with Gasteiger partial charge in [-0.3, -0.25) is 0 Å². The molecule has 4 heteroatoms. The van der Waals surface area contributed by atoms with Crippen LogP contribution in [0.4, 0.5) is 0 Å². The maximum absolute atomic E-state index is 9.85. The molecular weight excluding hydrogens is 135 g/mol. The van der Waals surface area contributed by atoms with E-state index in [1.54, 1.807) is 6.92 Å². The van der Waals surface area contributed by atoms with Crippen LogP contribution in [0.1, 0.15) is 13.8 Å². The molecule has 3 nitrogen and oxygen atoms in total. The van der Waals surface area contributed by atoms with Crippen molar-refractivity contribution in [2.75, 3.05) is 0 Å². The van der Waals surface area contributed by atoms with Crippen molar-refractivity contribution in [3.05, 3.63) is 0 Å². The van der Waals surface area contributed by atoms with Gasteiger partial charge in [-0.25, -0.2) is 0 Å². The first-order valence-electron chi connectivity index (χ1n) is 2.48. The molecule has 0 aromatic carbocycles. The summed E-state index contributed by atoms with van der Waals surface area (Å²) in [7, 11) is 0. The van der Waals surface area contributed by atoms with E-state index in [2.05, 4.69) is 0 Å². The SMILES string of the molecule is CC(=O)[O-].[CH3][Al+][C](C)=O. The van der Waals surface area contributed by atoms with Crippen molar-refractivity contribution in [2.24, 2.45) is 0 Å². The normalized spacial score (nSPS) is 6.11. The molecule has 0 heterocycles. The van der Waals surface area contributed by atoms with E-state index in [0.717, 1.165) is 6.92 Å². The van der Waals surface area contributed by atoms with Gasteiger partial charge in [-0.1, -0.05) is 0 Å². The van der Waals surface area contributed by atoms with Crippen molar-refractivity contribution in [3.63, 3.8) is 0 Å². The fraction of sp³-hybridized carbons (Fsp3) is 0.600. The van der Waals surface area contributed by atoms with E-state index in [1.807, 2.05) is 5.79 Å². The number of carbonyl (C=O) groups is 2. The van der Waals surface area contributed by atoms with Gasteiger partial charge in [0, 0.05) is 5.97 Å². The van der Waals surface area contributed by atoms with Crippen LogP contribution in [0.3, 0.4) is 0 Å². The molecule has 0 bridgehead atoms. The van der Waals surface area contributed by atoms with Gasteiger partial charge in [0.15, 0.2) is 0 Å². The molecule has 0 saturated carbocycles. The van der Waals surface area contributed by atoms with Gasteiger partial charge in [0.05, 0.1) is 0 Å². The Morgan fingerprint density at radius 3 is 1.44 bits per heavy atom. The van der Waals surface area contributed by atoms with Crippen LogP contribution in [-0.2, 0) is 9.59 Å². The van der Waals surface area contributed by atoms with E-state index < -0.39 is 5.97 Å². The number of aliphatic carboxylic acids is 1. The number of hydrogen-bond acceptors (Lipinski definition) is 3. The summed E-state index contributed by atoms with van der Waals surface area (Å²) in [4.78, 5) is 18.7. The Bertz CT molecular complexity index is 96.4. The third kappa shape index (κ3) is 88.3. The first-order chi connectivity index (χ1) is 4.00. The molecule has 0 fully saturated rings. The van der Waals surface area contributed by atoms with Gasteiger partial charge in [0.2, 0.25) is 0 Å². The Hall–Kier alpha value is -0.328. The summed E-state index contributed by atoms with van der Waals surface area (Å²) >= 11 is 0.0926.